The van der Waals surface area contributed by atoms with Gasteiger partial charge in [-0.2, -0.15) is 0 Å². The molecule has 0 N–H and O–H groups in total. The minimum absolute atomic E-state index is 0.545. The van der Waals surface area contributed by atoms with Crippen LogP contribution in [0.15, 0.2) is 235 Å². The zero-order chi connectivity index (χ0) is 45.9. The van der Waals surface area contributed by atoms with Gasteiger partial charge >= 0.3 is 0 Å². The largest absolute Gasteiger partial charge is 0.456 e. The van der Waals surface area contributed by atoms with Gasteiger partial charge in [-0.3, -0.25) is 0 Å². The van der Waals surface area contributed by atoms with E-state index in [9.17, 15) is 0 Å². The number of hydrogen-bond acceptors (Lipinski definition) is 4. The molecule has 0 unspecified atom stereocenters. The molecule has 10 aromatic carbocycles. The summed E-state index contributed by atoms with van der Waals surface area (Å²) < 4.78 is 14.4. The van der Waals surface area contributed by atoms with Crippen molar-refractivity contribution >= 4 is 87.4 Å². The monoisotopic (exact) mass is 894 g/mol. The van der Waals surface area contributed by atoms with Gasteiger partial charge in [-0.15, -0.1) is 0 Å². The molecule has 15 rings (SSSR count). The van der Waals surface area contributed by atoms with Gasteiger partial charge in [0.25, 0.3) is 0 Å². The molecule has 0 aliphatic carbocycles. The molecule has 0 bridgehead atoms. The van der Waals surface area contributed by atoms with E-state index in [4.69, 9.17) is 19.4 Å². The van der Waals surface area contributed by atoms with E-state index in [2.05, 4.69) is 184 Å². The molecule has 0 aliphatic heterocycles. The Bertz CT molecular complexity index is 4380. The number of furan rings is 1. The van der Waals surface area contributed by atoms with E-state index in [1.165, 1.54) is 21.5 Å². The molecule has 0 amide bonds. The molecule has 7 nitrogen and oxygen atoms in total. The summed E-state index contributed by atoms with van der Waals surface area (Å²) in [4.78, 5) is 15.7. The number of rotatable bonds is 6. The Morgan fingerprint density at radius 1 is 0.257 bits per heavy atom. The predicted molar refractivity (Wildman–Crippen MR) is 286 cm³/mol. The third-order valence-electron chi connectivity index (χ3n) is 14.1. The Kier molecular flexibility index (Phi) is 8.23. The van der Waals surface area contributed by atoms with Crippen molar-refractivity contribution in [2.75, 3.05) is 0 Å². The zero-order valence-corrected chi connectivity index (χ0v) is 37.5. The van der Waals surface area contributed by atoms with Gasteiger partial charge in [-0.05, 0) is 54.6 Å². The zero-order valence-electron chi connectivity index (χ0n) is 37.5. The van der Waals surface area contributed by atoms with Crippen molar-refractivity contribution in [2.45, 2.75) is 0 Å². The van der Waals surface area contributed by atoms with Crippen LogP contribution in [-0.4, -0.2) is 28.7 Å². The summed E-state index contributed by atoms with van der Waals surface area (Å²) in [6, 6.07) is 81.5. The lowest BCUT2D eigenvalue weighted by atomic mass is 10.0. The fourth-order valence-corrected chi connectivity index (χ4v) is 11.0. The van der Waals surface area contributed by atoms with Gasteiger partial charge in [-0.1, -0.05) is 170 Å². The highest BCUT2D eigenvalue weighted by molar-refractivity contribution is 6.15. The van der Waals surface area contributed by atoms with Crippen LogP contribution in [0, 0.1) is 0 Å². The average molecular weight is 895 g/mol. The first-order chi connectivity index (χ1) is 34.7. The standard InChI is InChI=1S/C63H38N6O/c1-3-19-39(20-4-1)61-64-62(40-21-5-2-6-22-40)66-63(65-61)49-37-59-47(35-56(49)67-50-29-13-7-23-41(50)42-24-8-14-30-51(42)67)48-36-57(68-52-31-15-9-25-43(52)44-26-10-16-32-53(44)68)58(38-60(48)70-59)69-54-33-17-11-27-45(54)46-28-12-18-34-55(46)69/h1-38H. The smallest absolute Gasteiger partial charge is 0.166 e. The van der Waals surface area contributed by atoms with E-state index in [0.717, 1.165) is 99.6 Å². The molecule has 7 heteroatoms. The Morgan fingerprint density at radius 2 is 0.557 bits per heavy atom. The number of aromatic nitrogens is 6. The molecule has 0 saturated carbocycles. The van der Waals surface area contributed by atoms with Crippen LogP contribution in [0.5, 0.6) is 0 Å². The number of para-hydroxylation sites is 6. The van der Waals surface area contributed by atoms with Crippen LogP contribution in [-0.2, 0) is 0 Å². The van der Waals surface area contributed by atoms with Gasteiger partial charge in [0, 0.05) is 65.8 Å². The summed E-state index contributed by atoms with van der Waals surface area (Å²) in [5.41, 5.74) is 13.8. The van der Waals surface area contributed by atoms with Crippen LogP contribution >= 0.6 is 0 Å². The van der Waals surface area contributed by atoms with Gasteiger partial charge in [0.1, 0.15) is 11.2 Å². The maximum atomic E-state index is 7.20. The Labute approximate surface area is 400 Å². The first-order valence-electron chi connectivity index (χ1n) is 23.6. The third kappa shape index (κ3) is 5.66. The van der Waals surface area contributed by atoms with Crippen molar-refractivity contribution in [3.63, 3.8) is 0 Å². The van der Waals surface area contributed by atoms with Crippen molar-refractivity contribution in [3.05, 3.63) is 231 Å². The molecule has 0 radical (unpaired) electrons. The Hall–Kier alpha value is -9.59. The minimum Gasteiger partial charge on any atom is -0.456 e. The molecule has 70 heavy (non-hydrogen) atoms. The SMILES string of the molecule is c1ccc(-c2nc(-c3ccccc3)nc(-c3cc4oc5cc(-n6c7ccccc7c7ccccc76)c(-n6c7ccccc7c7ccccc76)cc5c4cc3-n3c4ccccc4c4ccccc43)n2)cc1. The summed E-state index contributed by atoms with van der Waals surface area (Å²) in [7, 11) is 0. The molecule has 15 aromatic rings. The quantitative estimate of drug-likeness (QED) is 0.167. The summed E-state index contributed by atoms with van der Waals surface area (Å²) in [5.74, 6) is 1.73. The van der Waals surface area contributed by atoms with E-state index in [-0.39, 0.29) is 0 Å². The lowest BCUT2D eigenvalue weighted by Crippen LogP contribution is -2.04. The van der Waals surface area contributed by atoms with E-state index in [0.29, 0.717) is 17.5 Å². The van der Waals surface area contributed by atoms with E-state index >= 15 is 0 Å². The molecule has 5 aromatic heterocycles. The normalized spacial score (nSPS) is 12.0. The maximum Gasteiger partial charge on any atom is 0.166 e. The van der Waals surface area contributed by atoms with Crippen LogP contribution in [0.3, 0.4) is 0 Å². The van der Waals surface area contributed by atoms with Gasteiger partial charge in [-0.25, -0.2) is 15.0 Å². The number of nitrogens with zero attached hydrogens (tertiary/aromatic N) is 6. The number of benzene rings is 10. The summed E-state index contributed by atoms with van der Waals surface area (Å²) in [6.07, 6.45) is 0. The molecule has 0 saturated heterocycles. The van der Waals surface area contributed by atoms with Gasteiger partial charge in [0.2, 0.25) is 0 Å². The second-order valence-corrected chi connectivity index (χ2v) is 18.0. The minimum atomic E-state index is 0.545. The maximum absolute atomic E-state index is 7.20. The predicted octanol–water partition coefficient (Wildman–Crippen LogP) is 16.1. The Morgan fingerprint density at radius 3 is 0.957 bits per heavy atom. The lowest BCUT2D eigenvalue weighted by molar-refractivity contribution is 0.668. The second kappa shape index (κ2) is 15.0. The highest BCUT2D eigenvalue weighted by atomic mass is 16.3. The fourth-order valence-electron chi connectivity index (χ4n) is 11.0. The van der Waals surface area contributed by atoms with Crippen LogP contribution in [0.1, 0.15) is 0 Å². The van der Waals surface area contributed by atoms with Crippen molar-refractivity contribution in [3.8, 4) is 51.2 Å². The molecule has 0 aliphatic rings. The van der Waals surface area contributed by atoms with E-state index < -0.39 is 0 Å². The van der Waals surface area contributed by atoms with Crippen LogP contribution < -0.4 is 0 Å². The molecule has 326 valence electrons. The van der Waals surface area contributed by atoms with E-state index in [1.54, 1.807) is 0 Å². The van der Waals surface area contributed by atoms with Crippen molar-refractivity contribution < 1.29 is 4.42 Å². The third-order valence-corrected chi connectivity index (χ3v) is 14.1. The topological polar surface area (TPSA) is 66.6 Å². The fraction of sp³-hybridized carbons (Fsp3) is 0. The van der Waals surface area contributed by atoms with Crippen LogP contribution in [0.4, 0.5) is 0 Å². The van der Waals surface area contributed by atoms with Gasteiger partial charge in [0.15, 0.2) is 17.5 Å². The highest BCUT2D eigenvalue weighted by Crippen LogP contribution is 2.45. The molecular weight excluding hydrogens is 857 g/mol. The first-order valence-corrected chi connectivity index (χ1v) is 23.6. The van der Waals surface area contributed by atoms with Crippen molar-refractivity contribution in [1.82, 2.24) is 28.7 Å². The molecule has 0 atom stereocenters. The Balaban J connectivity index is 1.09. The summed E-state index contributed by atoms with van der Waals surface area (Å²) in [5, 5.41) is 9.08. The van der Waals surface area contributed by atoms with E-state index in [1.807, 2.05) is 60.7 Å². The molecule has 0 spiro atoms. The highest BCUT2D eigenvalue weighted by Gasteiger charge is 2.25. The molecular formula is C63H38N6O. The second-order valence-electron chi connectivity index (χ2n) is 18.0. The lowest BCUT2D eigenvalue weighted by Gasteiger charge is -2.17. The molecule has 5 heterocycles. The van der Waals surface area contributed by atoms with Crippen LogP contribution in [0.25, 0.3) is 139 Å². The first kappa shape index (κ1) is 38.5. The molecule has 0 fully saturated rings. The van der Waals surface area contributed by atoms with Gasteiger partial charge < -0.3 is 18.1 Å². The summed E-state index contributed by atoms with van der Waals surface area (Å²) in [6.45, 7) is 0. The van der Waals surface area contributed by atoms with Crippen LogP contribution in [0.2, 0.25) is 0 Å². The van der Waals surface area contributed by atoms with Crippen molar-refractivity contribution in [1.29, 1.82) is 0 Å². The van der Waals surface area contributed by atoms with Gasteiger partial charge in [0.05, 0.1) is 50.2 Å². The average Bonchev–Trinajstić information content (AvgIpc) is 4.16. The number of fused-ring (bicyclic) bond motifs is 12. The number of hydrogen-bond donors (Lipinski definition) is 0. The summed E-state index contributed by atoms with van der Waals surface area (Å²) >= 11 is 0. The van der Waals surface area contributed by atoms with Crippen molar-refractivity contribution in [2.24, 2.45) is 0 Å².